The number of amides is 1. The third kappa shape index (κ3) is 8.04. The Morgan fingerprint density at radius 1 is 1.30 bits per heavy atom. The monoisotopic (exact) mass is 487 g/mol. The van der Waals surface area contributed by atoms with Crippen molar-refractivity contribution >= 4 is 35.8 Å². The van der Waals surface area contributed by atoms with E-state index in [1.54, 1.807) is 7.05 Å². The molecule has 1 unspecified atom stereocenters. The highest BCUT2D eigenvalue weighted by atomic mass is 127. The summed E-state index contributed by atoms with van der Waals surface area (Å²) in [6.07, 6.45) is 2.09. The zero-order valence-corrected chi connectivity index (χ0v) is 19.1. The number of aliphatic imine (C=N–C) groups is 1. The molecule has 1 aliphatic rings. The number of rotatable bonds is 8. The van der Waals surface area contributed by atoms with Crippen LogP contribution in [0.2, 0.25) is 0 Å². The fourth-order valence-electron chi connectivity index (χ4n) is 3.25. The van der Waals surface area contributed by atoms with Gasteiger partial charge >= 0.3 is 0 Å². The van der Waals surface area contributed by atoms with Crippen LogP contribution in [0.15, 0.2) is 29.3 Å². The van der Waals surface area contributed by atoms with Crippen LogP contribution in [0.1, 0.15) is 36.2 Å². The first-order valence-corrected chi connectivity index (χ1v) is 9.71. The van der Waals surface area contributed by atoms with Gasteiger partial charge < -0.3 is 20.9 Å². The molecule has 1 aromatic carbocycles. The van der Waals surface area contributed by atoms with Gasteiger partial charge in [0.2, 0.25) is 0 Å². The smallest absolute Gasteiger partial charge is 0.251 e. The lowest BCUT2D eigenvalue weighted by Crippen LogP contribution is -2.38. The topological polar surface area (TPSA) is 68.8 Å². The van der Waals surface area contributed by atoms with Crippen molar-refractivity contribution in [2.24, 2.45) is 10.9 Å². The van der Waals surface area contributed by atoms with Gasteiger partial charge in [0, 0.05) is 38.8 Å². The molecule has 1 amide bonds. The average molecular weight is 487 g/mol. The van der Waals surface area contributed by atoms with Gasteiger partial charge in [-0.05, 0) is 56.5 Å². The van der Waals surface area contributed by atoms with E-state index in [-0.39, 0.29) is 29.9 Å². The van der Waals surface area contributed by atoms with Crippen LogP contribution in [-0.2, 0) is 6.42 Å². The second-order valence-corrected chi connectivity index (χ2v) is 6.72. The number of hydrogen-bond acceptors (Lipinski definition) is 3. The second-order valence-electron chi connectivity index (χ2n) is 6.72. The summed E-state index contributed by atoms with van der Waals surface area (Å²) >= 11 is 0. The first kappa shape index (κ1) is 23.7. The van der Waals surface area contributed by atoms with E-state index in [2.05, 4.69) is 40.8 Å². The Bertz CT molecular complexity index is 608. The average Bonchev–Trinajstić information content (AvgIpc) is 3.14. The van der Waals surface area contributed by atoms with Crippen molar-refractivity contribution in [1.29, 1.82) is 0 Å². The van der Waals surface area contributed by atoms with Crippen molar-refractivity contribution in [2.45, 2.75) is 26.7 Å². The van der Waals surface area contributed by atoms with Gasteiger partial charge in [0.1, 0.15) is 0 Å². The largest absolute Gasteiger partial charge is 0.357 e. The van der Waals surface area contributed by atoms with Crippen molar-refractivity contribution in [2.75, 3.05) is 46.3 Å². The van der Waals surface area contributed by atoms with Gasteiger partial charge in [-0.2, -0.15) is 0 Å². The Morgan fingerprint density at radius 3 is 2.78 bits per heavy atom. The zero-order chi connectivity index (χ0) is 18.8. The molecule has 0 aliphatic carbocycles. The summed E-state index contributed by atoms with van der Waals surface area (Å²) in [7, 11) is 1.65. The predicted octanol–water partition coefficient (Wildman–Crippen LogP) is 2.10. The van der Waals surface area contributed by atoms with E-state index >= 15 is 0 Å². The van der Waals surface area contributed by atoms with Crippen molar-refractivity contribution in [3.05, 3.63) is 35.4 Å². The highest BCUT2D eigenvalue weighted by Gasteiger charge is 2.20. The molecule has 1 saturated heterocycles. The van der Waals surface area contributed by atoms with Gasteiger partial charge in [-0.3, -0.25) is 9.79 Å². The lowest BCUT2D eigenvalue weighted by molar-refractivity contribution is 0.0963. The molecule has 0 bridgehead atoms. The number of hydrogen-bond donors (Lipinski definition) is 3. The summed E-state index contributed by atoms with van der Waals surface area (Å²) in [5.41, 5.74) is 1.84. The fraction of sp³-hybridized carbons (Fsp3) is 0.600. The molecular weight excluding hydrogens is 453 g/mol. The Morgan fingerprint density at radius 2 is 2.11 bits per heavy atom. The van der Waals surface area contributed by atoms with E-state index < -0.39 is 0 Å². The van der Waals surface area contributed by atoms with Crippen LogP contribution in [0, 0.1) is 5.92 Å². The summed E-state index contributed by atoms with van der Waals surface area (Å²) in [5.74, 6) is 1.49. The van der Waals surface area contributed by atoms with E-state index in [1.807, 2.05) is 18.2 Å². The number of carbonyl (C=O) groups is 1. The fourth-order valence-corrected chi connectivity index (χ4v) is 3.25. The summed E-state index contributed by atoms with van der Waals surface area (Å²) in [4.78, 5) is 19.0. The number of likely N-dealkylation sites (tertiary alicyclic amines) is 1. The van der Waals surface area contributed by atoms with Crippen molar-refractivity contribution in [3.63, 3.8) is 0 Å². The number of nitrogens with one attached hydrogen (secondary N) is 3. The standard InChI is InChI=1S/C20H33N5O.HI/c1-4-22-20(24-14-17-10-12-25(5-2)15-17)23-11-9-16-7-6-8-18(13-16)19(26)21-3;/h6-8,13,17H,4-5,9-12,14-15H2,1-3H3,(H,21,26)(H2,22,23,24);1H. The molecule has 7 heteroatoms. The third-order valence-corrected chi connectivity index (χ3v) is 4.79. The summed E-state index contributed by atoms with van der Waals surface area (Å²) in [6, 6.07) is 7.76. The molecule has 0 radical (unpaired) electrons. The minimum Gasteiger partial charge on any atom is -0.357 e. The van der Waals surface area contributed by atoms with Crippen LogP contribution in [-0.4, -0.2) is 63.1 Å². The van der Waals surface area contributed by atoms with E-state index in [0.29, 0.717) is 11.5 Å². The summed E-state index contributed by atoms with van der Waals surface area (Å²) in [6.45, 7) is 10.3. The lowest BCUT2D eigenvalue weighted by atomic mass is 10.1. The van der Waals surface area contributed by atoms with Gasteiger partial charge in [0.15, 0.2) is 5.96 Å². The lowest BCUT2D eigenvalue weighted by Gasteiger charge is -2.14. The first-order chi connectivity index (χ1) is 12.7. The number of nitrogens with zero attached hydrogens (tertiary/aromatic N) is 2. The van der Waals surface area contributed by atoms with Gasteiger partial charge in [-0.1, -0.05) is 19.1 Å². The zero-order valence-electron chi connectivity index (χ0n) is 16.8. The normalized spacial score (nSPS) is 17.3. The van der Waals surface area contributed by atoms with E-state index in [1.165, 1.54) is 13.0 Å². The molecule has 0 saturated carbocycles. The third-order valence-electron chi connectivity index (χ3n) is 4.79. The van der Waals surface area contributed by atoms with Crippen LogP contribution in [0.25, 0.3) is 0 Å². The van der Waals surface area contributed by atoms with Crippen LogP contribution in [0.5, 0.6) is 0 Å². The summed E-state index contributed by atoms with van der Waals surface area (Å²) < 4.78 is 0. The Balaban J connectivity index is 0.00000364. The molecule has 1 aliphatic heterocycles. The van der Waals surface area contributed by atoms with E-state index in [0.717, 1.165) is 50.7 Å². The van der Waals surface area contributed by atoms with Crippen LogP contribution in [0.4, 0.5) is 0 Å². The molecule has 1 aromatic rings. The Hall–Kier alpha value is -1.35. The molecule has 1 atom stereocenters. The van der Waals surface area contributed by atoms with E-state index in [9.17, 15) is 4.79 Å². The molecular formula is C20H34IN5O. The van der Waals surface area contributed by atoms with Gasteiger partial charge in [0.05, 0.1) is 0 Å². The van der Waals surface area contributed by atoms with Gasteiger partial charge in [0.25, 0.3) is 5.91 Å². The summed E-state index contributed by atoms with van der Waals surface area (Å²) in [5, 5.41) is 9.39. The maximum absolute atomic E-state index is 11.7. The molecule has 0 spiro atoms. The minimum atomic E-state index is -0.0487. The first-order valence-electron chi connectivity index (χ1n) is 9.71. The number of halogens is 1. The maximum atomic E-state index is 11.7. The van der Waals surface area contributed by atoms with E-state index in [4.69, 9.17) is 4.99 Å². The number of guanidine groups is 1. The van der Waals surface area contributed by atoms with Gasteiger partial charge in [-0.15, -0.1) is 24.0 Å². The van der Waals surface area contributed by atoms with Crippen molar-refractivity contribution < 1.29 is 4.79 Å². The number of carbonyl (C=O) groups excluding carboxylic acids is 1. The molecule has 152 valence electrons. The predicted molar refractivity (Wildman–Crippen MR) is 123 cm³/mol. The minimum absolute atomic E-state index is 0. The molecule has 3 N–H and O–H groups in total. The molecule has 0 aromatic heterocycles. The van der Waals surface area contributed by atoms with Crippen LogP contribution < -0.4 is 16.0 Å². The quantitative estimate of drug-likeness (QED) is 0.299. The van der Waals surface area contributed by atoms with Crippen molar-refractivity contribution in [1.82, 2.24) is 20.9 Å². The SMILES string of the molecule is CCNC(=NCC1CCN(CC)C1)NCCc1cccc(C(=O)NC)c1.I. The second kappa shape index (κ2) is 12.9. The van der Waals surface area contributed by atoms with Gasteiger partial charge in [-0.25, -0.2) is 0 Å². The Labute approximate surface area is 180 Å². The highest BCUT2D eigenvalue weighted by molar-refractivity contribution is 14.0. The van der Waals surface area contributed by atoms with Crippen LogP contribution >= 0.6 is 24.0 Å². The molecule has 1 heterocycles. The maximum Gasteiger partial charge on any atom is 0.251 e. The molecule has 27 heavy (non-hydrogen) atoms. The molecule has 1 fully saturated rings. The Kier molecular flexibility index (Phi) is 11.3. The number of benzene rings is 1. The van der Waals surface area contributed by atoms with Crippen LogP contribution in [0.3, 0.4) is 0 Å². The molecule has 6 nitrogen and oxygen atoms in total. The van der Waals surface area contributed by atoms with Crippen molar-refractivity contribution in [3.8, 4) is 0 Å². The molecule has 2 rings (SSSR count). The highest BCUT2D eigenvalue weighted by Crippen LogP contribution is 2.15.